The molecule has 2 nitrogen and oxygen atoms in total. The zero-order valence-corrected chi connectivity index (χ0v) is 7.77. The van der Waals surface area contributed by atoms with Crippen molar-refractivity contribution in [2.75, 3.05) is 7.05 Å². The van der Waals surface area contributed by atoms with E-state index in [9.17, 15) is 18.0 Å². The quantitative estimate of drug-likeness (QED) is 0.642. The molecule has 5 heteroatoms. The maximum Gasteiger partial charge on any atom is 0.408 e. The average molecular weight is 195 g/mol. The van der Waals surface area contributed by atoms with E-state index in [1.807, 2.05) is 0 Å². The van der Waals surface area contributed by atoms with E-state index in [4.69, 9.17) is 0 Å². The fourth-order valence-electron chi connectivity index (χ4n) is 0.702. The number of hydrogen-bond acceptors (Lipinski definition) is 2. The van der Waals surface area contributed by atoms with Gasteiger partial charge >= 0.3 is 6.18 Å². The lowest BCUT2D eigenvalue weighted by Crippen LogP contribution is -2.41. The fourth-order valence-corrected chi connectivity index (χ4v) is 0.702. The van der Waals surface area contributed by atoms with Crippen molar-refractivity contribution in [1.82, 2.24) is 4.90 Å². The van der Waals surface area contributed by atoms with Gasteiger partial charge in [-0.15, -0.1) is 0 Å². The van der Waals surface area contributed by atoms with Gasteiger partial charge in [0.15, 0.2) is 5.78 Å². The minimum atomic E-state index is -4.34. The Morgan fingerprint density at radius 3 is 2.08 bits per heavy atom. The molecule has 0 amide bonds. The maximum absolute atomic E-state index is 12.1. The number of carbonyl (C=O) groups is 1. The summed E-state index contributed by atoms with van der Waals surface area (Å²) in [5, 5.41) is 0. The summed E-state index contributed by atoms with van der Waals surface area (Å²) >= 11 is 0. The Morgan fingerprint density at radius 1 is 1.46 bits per heavy atom. The van der Waals surface area contributed by atoms with Crippen molar-refractivity contribution < 1.29 is 18.0 Å². The topological polar surface area (TPSA) is 20.3 Å². The van der Waals surface area contributed by atoms with Gasteiger partial charge in [0.1, 0.15) is 6.04 Å². The number of carbonyl (C=O) groups excluding carboxylic acids is 1. The number of ketones is 1. The van der Waals surface area contributed by atoms with Crippen molar-refractivity contribution in [2.45, 2.75) is 26.1 Å². The summed E-state index contributed by atoms with van der Waals surface area (Å²) in [5.41, 5.74) is -0.134. The van der Waals surface area contributed by atoms with Crippen molar-refractivity contribution in [2.24, 2.45) is 0 Å². The van der Waals surface area contributed by atoms with Crippen molar-refractivity contribution in [3.8, 4) is 0 Å². The first kappa shape index (κ1) is 12.0. The lowest BCUT2D eigenvalue weighted by atomic mass is 10.2. The molecular formula is C8H12F3NO. The lowest BCUT2D eigenvalue weighted by Gasteiger charge is -2.28. The molecule has 13 heavy (non-hydrogen) atoms. The summed E-state index contributed by atoms with van der Waals surface area (Å²) in [7, 11) is 1.20. The van der Waals surface area contributed by atoms with Gasteiger partial charge in [0.2, 0.25) is 0 Å². The Bertz CT molecular complexity index is 222. The number of hydrogen-bond donors (Lipinski definition) is 0. The van der Waals surface area contributed by atoms with Gasteiger partial charge in [-0.05, 0) is 6.92 Å². The minimum absolute atomic E-state index is 0.134. The molecule has 0 heterocycles. The molecule has 0 radical (unpaired) electrons. The second-order valence-electron chi connectivity index (χ2n) is 2.83. The molecule has 0 aliphatic rings. The smallest absolute Gasteiger partial charge is 0.361 e. The van der Waals surface area contributed by atoms with Crippen LogP contribution in [0.5, 0.6) is 0 Å². The van der Waals surface area contributed by atoms with E-state index >= 15 is 0 Å². The van der Waals surface area contributed by atoms with Crippen molar-refractivity contribution in [3.63, 3.8) is 0 Å². The number of likely N-dealkylation sites (N-methyl/N-ethyl adjacent to an activating group) is 1. The highest BCUT2D eigenvalue weighted by Crippen LogP contribution is 2.25. The molecule has 0 aromatic rings. The molecule has 0 rings (SSSR count). The molecule has 0 unspecified atom stereocenters. The normalized spacial score (nSPS) is 13.7. The van der Waals surface area contributed by atoms with Gasteiger partial charge in [-0.1, -0.05) is 6.58 Å². The van der Waals surface area contributed by atoms with Gasteiger partial charge in [0.25, 0.3) is 0 Å². The predicted octanol–water partition coefficient (Wildman–Crippen LogP) is 1.97. The monoisotopic (exact) mass is 195 g/mol. The zero-order valence-electron chi connectivity index (χ0n) is 7.77. The third-order valence-electron chi connectivity index (χ3n) is 1.89. The molecule has 1 atom stereocenters. The van der Waals surface area contributed by atoms with Crippen LogP contribution >= 0.6 is 0 Å². The Balaban J connectivity index is 4.52. The molecule has 0 saturated heterocycles. The summed E-state index contributed by atoms with van der Waals surface area (Å²) in [6, 6.07) is -1.69. The van der Waals surface area contributed by atoms with E-state index in [0.717, 1.165) is 11.8 Å². The first-order chi connectivity index (χ1) is 5.68. The average Bonchev–Trinajstić information content (AvgIpc) is 1.98. The Kier molecular flexibility index (Phi) is 3.51. The number of Topliss-reactive ketones (excluding diaryl/α,β-unsaturated/α-hetero) is 1. The highest BCUT2D eigenvalue weighted by molar-refractivity contribution is 5.91. The molecule has 0 aliphatic carbocycles. The second kappa shape index (κ2) is 3.81. The van der Waals surface area contributed by atoms with E-state index in [2.05, 4.69) is 6.58 Å². The molecule has 0 bridgehead atoms. The minimum Gasteiger partial charge on any atom is -0.361 e. The molecule has 0 fully saturated rings. The van der Waals surface area contributed by atoms with Crippen LogP contribution in [-0.4, -0.2) is 29.9 Å². The fraction of sp³-hybridized carbons (Fsp3) is 0.625. The molecule has 0 N–H and O–H groups in total. The van der Waals surface area contributed by atoms with Crippen LogP contribution in [0.2, 0.25) is 0 Å². The van der Waals surface area contributed by atoms with Gasteiger partial charge in [-0.3, -0.25) is 4.79 Å². The van der Waals surface area contributed by atoms with Gasteiger partial charge in [0, 0.05) is 14.0 Å². The van der Waals surface area contributed by atoms with E-state index in [1.54, 1.807) is 0 Å². The standard InChI is InChI=1S/C8H12F3NO/c1-5(6(2)13)12(4)7(3)8(9,10)11/h7H,1H2,2-4H3/t7-/m1/s1. The molecule has 0 aromatic carbocycles. The van der Waals surface area contributed by atoms with Crippen molar-refractivity contribution in [3.05, 3.63) is 12.3 Å². The van der Waals surface area contributed by atoms with Crippen LogP contribution in [0.15, 0.2) is 12.3 Å². The number of halogens is 3. The highest BCUT2D eigenvalue weighted by Gasteiger charge is 2.39. The zero-order chi connectivity index (χ0) is 10.8. The van der Waals surface area contributed by atoms with Crippen LogP contribution in [0.4, 0.5) is 13.2 Å². The van der Waals surface area contributed by atoms with Gasteiger partial charge in [0.05, 0.1) is 5.70 Å². The molecule has 0 aliphatic heterocycles. The molecule has 0 aromatic heterocycles. The van der Waals surface area contributed by atoms with E-state index < -0.39 is 18.0 Å². The number of allylic oxidation sites excluding steroid dienone is 1. The van der Waals surface area contributed by atoms with Crippen LogP contribution in [-0.2, 0) is 4.79 Å². The summed E-state index contributed by atoms with van der Waals surface area (Å²) < 4.78 is 36.4. The third-order valence-corrected chi connectivity index (χ3v) is 1.89. The second-order valence-corrected chi connectivity index (χ2v) is 2.83. The SMILES string of the molecule is C=C(C(C)=O)N(C)[C@H](C)C(F)(F)F. The number of alkyl halides is 3. The predicted molar refractivity (Wildman–Crippen MR) is 43.1 cm³/mol. The van der Waals surface area contributed by atoms with Crippen molar-refractivity contribution in [1.29, 1.82) is 0 Å². The highest BCUT2D eigenvalue weighted by atomic mass is 19.4. The molecule has 0 spiro atoms. The molecule has 76 valence electrons. The van der Waals surface area contributed by atoms with E-state index in [0.29, 0.717) is 0 Å². The molecule has 0 saturated carbocycles. The summed E-state index contributed by atoms with van der Waals surface area (Å²) in [5.74, 6) is -0.460. The number of nitrogens with zero attached hydrogens (tertiary/aromatic N) is 1. The summed E-state index contributed by atoms with van der Waals surface area (Å²) in [6.07, 6.45) is -4.34. The maximum atomic E-state index is 12.1. The van der Waals surface area contributed by atoms with Gasteiger partial charge < -0.3 is 4.90 Å². The first-order valence-electron chi connectivity index (χ1n) is 3.67. The van der Waals surface area contributed by atoms with Gasteiger partial charge in [-0.2, -0.15) is 13.2 Å². The first-order valence-corrected chi connectivity index (χ1v) is 3.67. The largest absolute Gasteiger partial charge is 0.408 e. The van der Waals surface area contributed by atoms with Crippen LogP contribution in [0.3, 0.4) is 0 Å². The summed E-state index contributed by atoms with van der Waals surface area (Å²) in [4.78, 5) is 11.5. The molecular weight excluding hydrogens is 183 g/mol. The Hall–Kier alpha value is -1.00. The summed E-state index contributed by atoms with van der Waals surface area (Å²) in [6.45, 7) is 5.43. The van der Waals surface area contributed by atoms with E-state index in [1.165, 1.54) is 14.0 Å². The van der Waals surface area contributed by atoms with E-state index in [-0.39, 0.29) is 5.70 Å². The van der Waals surface area contributed by atoms with Gasteiger partial charge in [-0.25, -0.2) is 0 Å². The van der Waals surface area contributed by atoms with Crippen LogP contribution in [0.25, 0.3) is 0 Å². The van der Waals surface area contributed by atoms with Crippen molar-refractivity contribution >= 4 is 5.78 Å². The number of rotatable bonds is 3. The van der Waals surface area contributed by atoms with Crippen LogP contribution in [0.1, 0.15) is 13.8 Å². The Morgan fingerprint density at radius 2 is 1.85 bits per heavy atom. The van der Waals surface area contributed by atoms with Crippen LogP contribution < -0.4 is 0 Å². The third kappa shape index (κ3) is 3.08. The lowest BCUT2D eigenvalue weighted by molar-refractivity contribution is -0.171. The Labute approximate surface area is 75.0 Å². The van der Waals surface area contributed by atoms with Crippen LogP contribution in [0, 0.1) is 0 Å².